The van der Waals surface area contributed by atoms with Crippen LogP contribution in [0.2, 0.25) is 0 Å². The number of hydrogen-bond donors (Lipinski definition) is 1. The van der Waals surface area contributed by atoms with Crippen LogP contribution < -0.4 is 5.32 Å². The number of likely N-dealkylation sites (N-methyl/N-ethyl adjacent to an activating group) is 1. The van der Waals surface area contributed by atoms with Crippen LogP contribution in [0.25, 0.3) is 0 Å². The lowest BCUT2D eigenvalue weighted by Gasteiger charge is -2.19. The Morgan fingerprint density at radius 2 is 2.05 bits per heavy atom. The predicted molar refractivity (Wildman–Crippen MR) is 75.5 cm³/mol. The van der Waals surface area contributed by atoms with Crippen LogP contribution in [0.5, 0.6) is 0 Å². The third-order valence-corrected chi connectivity index (χ3v) is 3.26. The zero-order valence-corrected chi connectivity index (χ0v) is 11.7. The van der Waals surface area contributed by atoms with Gasteiger partial charge in [-0.15, -0.1) is 0 Å². The average molecular weight is 276 g/mol. The highest BCUT2D eigenvalue weighted by Crippen LogP contribution is 2.21. The molecular weight excluding hydrogens is 258 g/mol. The van der Waals surface area contributed by atoms with E-state index in [-0.39, 0.29) is 11.9 Å². The monoisotopic (exact) mass is 276 g/mol. The lowest BCUT2D eigenvalue weighted by Crippen LogP contribution is -2.25. The minimum absolute atomic E-state index is 0.127. The molecule has 1 aromatic heterocycles. The standard InChI is InChI=1S/C16H18F2N2/c1-3-19-15(16-11(2)5-4-8-20-16)10-12-9-13(17)6-7-14(12)18/h4-9,15,19H,3,10H2,1-2H3. The minimum atomic E-state index is -0.422. The van der Waals surface area contributed by atoms with E-state index < -0.39 is 5.82 Å². The van der Waals surface area contributed by atoms with E-state index in [2.05, 4.69) is 10.3 Å². The molecule has 1 heterocycles. The van der Waals surface area contributed by atoms with Gasteiger partial charge in [0.05, 0.1) is 11.7 Å². The summed E-state index contributed by atoms with van der Waals surface area (Å²) in [4.78, 5) is 4.37. The summed E-state index contributed by atoms with van der Waals surface area (Å²) in [5.41, 5.74) is 2.27. The molecule has 1 atom stereocenters. The van der Waals surface area contributed by atoms with E-state index in [0.29, 0.717) is 12.0 Å². The maximum atomic E-state index is 13.8. The Balaban J connectivity index is 2.30. The van der Waals surface area contributed by atoms with Crippen LogP contribution in [-0.4, -0.2) is 11.5 Å². The van der Waals surface area contributed by atoms with Crippen molar-refractivity contribution in [2.45, 2.75) is 26.3 Å². The Kier molecular flexibility index (Phi) is 4.79. The highest BCUT2D eigenvalue weighted by Gasteiger charge is 2.17. The van der Waals surface area contributed by atoms with Crippen LogP contribution in [-0.2, 0) is 6.42 Å². The highest BCUT2D eigenvalue weighted by molar-refractivity contribution is 5.26. The number of benzene rings is 1. The number of rotatable bonds is 5. The van der Waals surface area contributed by atoms with E-state index >= 15 is 0 Å². The van der Waals surface area contributed by atoms with Crippen molar-refractivity contribution in [1.82, 2.24) is 10.3 Å². The molecule has 4 heteroatoms. The molecule has 0 aliphatic heterocycles. The third kappa shape index (κ3) is 3.39. The molecule has 0 aliphatic carbocycles. The number of pyridine rings is 1. The molecule has 0 saturated heterocycles. The zero-order chi connectivity index (χ0) is 14.5. The van der Waals surface area contributed by atoms with Crippen molar-refractivity contribution in [1.29, 1.82) is 0 Å². The molecule has 1 N–H and O–H groups in total. The zero-order valence-electron chi connectivity index (χ0n) is 11.7. The van der Waals surface area contributed by atoms with E-state index in [9.17, 15) is 8.78 Å². The van der Waals surface area contributed by atoms with Gasteiger partial charge in [-0.2, -0.15) is 0 Å². The second-order valence-corrected chi connectivity index (χ2v) is 4.76. The SMILES string of the molecule is CCNC(Cc1cc(F)ccc1F)c1ncccc1C. The van der Waals surface area contributed by atoms with E-state index in [1.54, 1.807) is 6.20 Å². The Bertz CT molecular complexity index is 584. The molecule has 106 valence electrons. The first-order chi connectivity index (χ1) is 9.61. The van der Waals surface area contributed by atoms with Crippen LogP contribution in [0.3, 0.4) is 0 Å². The van der Waals surface area contributed by atoms with Crippen LogP contribution in [0.4, 0.5) is 8.78 Å². The van der Waals surface area contributed by atoms with Gasteiger partial charge >= 0.3 is 0 Å². The smallest absolute Gasteiger partial charge is 0.126 e. The van der Waals surface area contributed by atoms with Crippen molar-refractivity contribution in [2.75, 3.05) is 6.54 Å². The molecule has 20 heavy (non-hydrogen) atoms. The van der Waals surface area contributed by atoms with Gasteiger partial charge in [-0.25, -0.2) is 8.78 Å². The lowest BCUT2D eigenvalue weighted by molar-refractivity contribution is 0.511. The quantitative estimate of drug-likeness (QED) is 0.903. The maximum absolute atomic E-state index is 13.8. The van der Waals surface area contributed by atoms with Crippen molar-refractivity contribution in [3.8, 4) is 0 Å². The van der Waals surface area contributed by atoms with Crippen molar-refractivity contribution in [3.63, 3.8) is 0 Å². The average Bonchev–Trinajstić information content (AvgIpc) is 2.43. The molecule has 0 aliphatic rings. The van der Waals surface area contributed by atoms with Crippen LogP contribution >= 0.6 is 0 Å². The lowest BCUT2D eigenvalue weighted by atomic mass is 9.99. The first-order valence-corrected chi connectivity index (χ1v) is 6.70. The second kappa shape index (κ2) is 6.57. The predicted octanol–water partition coefficient (Wildman–Crippen LogP) is 3.56. The summed E-state index contributed by atoms with van der Waals surface area (Å²) in [6.07, 6.45) is 2.09. The maximum Gasteiger partial charge on any atom is 0.126 e. The van der Waals surface area contributed by atoms with Gasteiger partial charge in [0.15, 0.2) is 0 Å². The molecule has 0 bridgehead atoms. The largest absolute Gasteiger partial charge is 0.309 e. The van der Waals surface area contributed by atoms with E-state index in [4.69, 9.17) is 0 Å². The van der Waals surface area contributed by atoms with Gasteiger partial charge in [0.25, 0.3) is 0 Å². The highest BCUT2D eigenvalue weighted by atomic mass is 19.1. The molecule has 0 radical (unpaired) electrons. The molecule has 0 saturated carbocycles. The summed E-state index contributed by atoms with van der Waals surface area (Å²) < 4.78 is 27.0. The van der Waals surface area contributed by atoms with Crippen molar-refractivity contribution >= 4 is 0 Å². The Labute approximate surface area is 117 Å². The van der Waals surface area contributed by atoms with Gasteiger partial charge in [0.2, 0.25) is 0 Å². The molecule has 1 unspecified atom stereocenters. The summed E-state index contributed by atoms with van der Waals surface area (Å²) >= 11 is 0. The number of halogens is 2. The first kappa shape index (κ1) is 14.6. The molecule has 0 fully saturated rings. The molecule has 0 spiro atoms. The number of aromatic nitrogens is 1. The van der Waals surface area contributed by atoms with Crippen molar-refractivity contribution < 1.29 is 8.78 Å². The van der Waals surface area contributed by atoms with Crippen LogP contribution in [0.15, 0.2) is 36.5 Å². The van der Waals surface area contributed by atoms with E-state index in [0.717, 1.165) is 23.9 Å². The Hall–Kier alpha value is -1.81. The fraction of sp³-hybridized carbons (Fsp3) is 0.312. The molecule has 1 aromatic carbocycles. The van der Waals surface area contributed by atoms with Gasteiger partial charge in [-0.3, -0.25) is 4.98 Å². The van der Waals surface area contributed by atoms with Gasteiger partial charge in [0.1, 0.15) is 11.6 Å². The fourth-order valence-corrected chi connectivity index (χ4v) is 2.29. The summed E-state index contributed by atoms with van der Waals surface area (Å²) in [5.74, 6) is -0.808. The van der Waals surface area contributed by atoms with Gasteiger partial charge in [0, 0.05) is 6.20 Å². The van der Waals surface area contributed by atoms with Crippen molar-refractivity contribution in [2.24, 2.45) is 0 Å². The Morgan fingerprint density at radius 3 is 2.75 bits per heavy atom. The van der Waals surface area contributed by atoms with Gasteiger partial charge < -0.3 is 5.32 Å². The van der Waals surface area contributed by atoms with E-state index in [1.165, 1.54) is 12.1 Å². The van der Waals surface area contributed by atoms with E-state index in [1.807, 2.05) is 26.0 Å². The summed E-state index contributed by atoms with van der Waals surface area (Å²) in [6.45, 7) is 4.68. The summed E-state index contributed by atoms with van der Waals surface area (Å²) in [6, 6.07) is 7.25. The van der Waals surface area contributed by atoms with Crippen molar-refractivity contribution in [3.05, 3.63) is 65.0 Å². The fourth-order valence-electron chi connectivity index (χ4n) is 2.29. The molecule has 2 rings (SSSR count). The second-order valence-electron chi connectivity index (χ2n) is 4.76. The molecule has 2 aromatic rings. The summed E-state index contributed by atoms with van der Waals surface area (Å²) in [5, 5.41) is 3.28. The van der Waals surface area contributed by atoms with Crippen LogP contribution in [0, 0.1) is 18.6 Å². The molecular formula is C16H18F2N2. The number of hydrogen-bond acceptors (Lipinski definition) is 2. The number of aryl methyl sites for hydroxylation is 1. The Morgan fingerprint density at radius 1 is 1.25 bits per heavy atom. The number of nitrogens with one attached hydrogen (secondary N) is 1. The number of nitrogens with zero attached hydrogens (tertiary/aromatic N) is 1. The minimum Gasteiger partial charge on any atom is -0.309 e. The van der Waals surface area contributed by atoms with Gasteiger partial charge in [-0.1, -0.05) is 13.0 Å². The van der Waals surface area contributed by atoms with Crippen LogP contribution in [0.1, 0.15) is 29.8 Å². The normalized spacial score (nSPS) is 12.4. The van der Waals surface area contributed by atoms with Gasteiger partial charge in [-0.05, 0) is 55.3 Å². The molecule has 2 nitrogen and oxygen atoms in total. The topological polar surface area (TPSA) is 24.9 Å². The summed E-state index contributed by atoms with van der Waals surface area (Å²) in [7, 11) is 0. The molecule has 0 amide bonds. The third-order valence-electron chi connectivity index (χ3n) is 3.26. The first-order valence-electron chi connectivity index (χ1n) is 6.70.